The summed E-state index contributed by atoms with van der Waals surface area (Å²) in [5, 5.41) is 12.7. The molecule has 2 N–H and O–H groups in total. The zero-order chi connectivity index (χ0) is 22.2. The van der Waals surface area contributed by atoms with E-state index < -0.39 is 23.6 Å². The molecule has 0 aliphatic carbocycles. The molecule has 0 saturated carbocycles. The highest BCUT2D eigenvalue weighted by molar-refractivity contribution is 7.80. The van der Waals surface area contributed by atoms with Gasteiger partial charge in [-0.25, -0.2) is 14.2 Å². The number of benzene rings is 1. The first-order valence-corrected chi connectivity index (χ1v) is 10.0. The van der Waals surface area contributed by atoms with Gasteiger partial charge in [-0.3, -0.25) is 18.7 Å². The summed E-state index contributed by atoms with van der Waals surface area (Å²) in [6.07, 6.45) is -0.408. The minimum Gasteiger partial charge on any atom is -0.304 e. The molecule has 0 aliphatic heterocycles. The van der Waals surface area contributed by atoms with Crippen LogP contribution >= 0.6 is 24.0 Å². The smallest absolute Gasteiger partial charge is 0.304 e. The van der Waals surface area contributed by atoms with Crippen molar-refractivity contribution in [3.63, 3.8) is 0 Å². The summed E-state index contributed by atoms with van der Waals surface area (Å²) in [5.74, 6) is -0.902. The van der Waals surface area contributed by atoms with E-state index in [2.05, 4.69) is 22.9 Å². The summed E-state index contributed by atoms with van der Waals surface area (Å²) < 4.78 is 15.7. The van der Waals surface area contributed by atoms with E-state index in [1.807, 2.05) is 0 Å². The summed E-state index contributed by atoms with van der Waals surface area (Å²) in [6.45, 7) is 1.66. The number of carbonyl (C=O) groups excluding carboxylic acids is 1. The van der Waals surface area contributed by atoms with Gasteiger partial charge in [0.2, 0.25) is 5.91 Å². The molecule has 0 unspecified atom stereocenters. The lowest BCUT2D eigenvalue weighted by atomic mass is 10.1. The van der Waals surface area contributed by atoms with Crippen LogP contribution in [0, 0.1) is 18.2 Å². The molecular weight excluding hydrogens is 429 g/mol. The molecule has 0 fully saturated rings. The number of anilines is 1. The van der Waals surface area contributed by atoms with E-state index in [9.17, 15) is 18.8 Å². The zero-order valence-electron chi connectivity index (χ0n) is 16.3. The lowest BCUT2D eigenvalue weighted by Crippen LogP contribution is -2.41. The van der Waals surface area contributed by atoms with E-state index in [0.717, 1.165) is 20.5 Å². The molecule has 8 nitrogen and oxygen atoms in total. The largest absolute Gasteiger partial charge is 0.331 e. The van der Waals surface area contributed by atoms with Crippen molar-refractivity contribution >= 4 is 40.7 Å². The normalized spacial score (nSPS) is 10.8. The van der Waals surface area contributed by atoms with E-state index in [1.165, 1.54) is 20.2 Å². The molecule has 0 bridgehead atoms. The maximum atomic E-state index is 13.8. The van der Waals surface area contributed by atoms with Crippen molar-refractivity contribution in [2.24, 2.45) is 14.1 Å². The number of amides is 1. The number of nitrogens with zero attached hydrogens (tertiary/aromatic N) is 3. The molecule has 156 valence electrons. The molecule has 1 aromatic carbocycles. The summed E-state index contributed by atoms with van der Waals surface area (Å²) in [6, 6.07) is 4.75. The number of thiazole rings is 1. The molecular formula is C19H18FN5O3S2. The van der Waals surface area contributed by atoms with Crippen LogP contribution in [0.4, 0.5) is 9.52 Å². The van der Waals surface area contributed by atoms with Crippen molar-refractivity contribution < 1.29 is 9.18 Å². The Bertz CT molecular complexity index is 1290. The fourth-order valence-corrected chi connectivity index (χ4v) is 3.78. The molecule has 0 spiro atoms. The number of hydrogen-bond donors (Lipinski definition) is 3. The van der Waals surface area contributed by atoms with Gasteiger partial charge in [0.25, 0.3) is 5.56 Å². The molecule has 11 heteroatoms. The Hall–Kier alpha value is -3.05. The van der Waals surface area contributed by atoms with Crippen LogP contribution in [0.1, 0.15) is 17.5 Å². The minimum absolute atomic E-state index is 0.0128. The fourth-order valence-electron chi connectivity index (χ4n) is 2.73. The molecule has 1 amide bonds. The van der Waals surface area contributed by atoms with Gasteiger partial charge in [0.1, 0.15) is 5.82 Å². The van der Waals surface area contributed by atoms with Crippen molar-refractivity contribution in [2.45, 2.75) is 18.4 Å². The lowest BCUT2D eigenvalue weighted by molar-refractivity contribution is -0.115. The predicted octanol–water partition coefficient (Wildman–Crippen LogP) is 2.34. The van der Waals surface area contributed by atoms with E-state index >= 15 is 0 Å². The van der Waals surface area contributed by atoms with Crippen molar-refractivity contribution in [3.8, 4) is 11.3 Å². The predicted molar refractivity (Wildman–Crippen MR) is 116 cm³/mol. The average Bonchev–Trinajstić information content (AvgIpc) is 3.15. The van der Waals surface area contributed by atoms with Gasteiger partial charge < -0.3 is 10.7 Å². The molecule has 0 atom stereocenters. The molecule has 0 saturated heterocycles. The van der Waals surface area contributed by atoms with Gasteiger partial charge in [0.05, 0.1) is 28.4 Å². The fraction of sp³-hybridized carbons (Fsp3) is 0.211. The van der Waals surface area contributed by atoms with E-state index in [-0.39, 0.29) is 27.2 Å². The quantitative estimate of drug-likeness (QED) is 0.317. The molecule has 3 aromatic rings. The number of thiol groups is 1. The third-order valence-corrected chi connectivity index (χ3v) is 5.77. The van der Waals surface area contributed by atoms with Gasteiger partial charge >= 0.3 is 5.69 Å². The Morgan fingerprint density at radius 3 is 2.67 bits per heavy atom. The van der Waals surface area contributed by atoms with Crippen LogP contribution in [0.5, 0.6) is 0 Å². The topological polar surface area (TPSA) is 110 Å². The number of aromatic nitrogens is 3. The van der Waals surface area contributed by atoms with Crippen LogP contribution in [0.3, 0.4) is 0 Å². The number of halogens is 1. The SMILES string of the molecule is Cc1ccc(-c2csc(NC(=O)CC(=N)c3c(S)n(C)c(=O)n(C)c3=O)n2)cc1F. The monoisotopic (exact) mass is 447 g/mol. The second-order valence-electron chi connectivity index (χ2n) is 6.61. The third kappa shape index (κ3) is 4.12. The van der Waals surface area contributed by atoms with E-state index in [4.69, 9.17) is 5.41 Å². The number of hydrogen-bond acceptors (Lipinski definition) is 7. The van der Waals surface area contributed by atoms with Crippen molar-refractivity contribution in [1.29, 1.82) is 5.41 Å². The van der Waals surface area contributed by atoms with Crippen LogP contribution in [-0.4, -0.2) is 25.7 Å². The number of nitrogens with one attached hydrogen (secondary N) is 2. The molecule has 3 rings (SSSR count). The van der Waals surface area contributed by atoms with E-state index in [1.54, 1.807) is 24.4 Å². The standard InChI is InChI=1S/C19H18FN5O3S2/c1-9-4-5-10(6-11(9)20)13-8-30-18(22-13)23-14(26)7-12(21)15-16(27)24(2)19(28)25(3)17(15)29/h4-6,8,21,29H,7H2,1-3H3,(H,22,23,26). The Labute approximate surface area is 179 Å². The third-order valence-electron chi connectivity index (χ3n) is 4.49. The number of aryl methyl sites for hydroxylation is 1. The minimum atomic E-state index is -0.696. The lowest BCUT2D eigenvalue weighted by Gasteiger charge is -2.11. The molecule has 0 radical (unpaired) electrons. The molecule has 30 heavy (non-hydrogen) atoms. The van der Waals surface area contributed by atoms with Crippen molar-refractivity contribution in [2.75, 3.05) is 5.32 Å². The van der Waals surface area contributed by atoms with Gasteiger partial charge in [-0.2, -0.15) is 0 Å². The highest BCUT2D eigenvalue weighted by Crippen LogP contribution is 2.26. The van der Waals surface area contributed by atoms with Crippen LogP contribution < -0.4 is 16.6 Å². The highest BCUT2D eigenvalue weighted by atomic mass is 32.1. The molecule has 2 heterocycles. The summed E-state index contributed by atoms with van der Waals surface area (Å²) in [4.78, 5) is 40.9. The highest BCUT2D eigenvalue weighted by Gasteiger charge is 2.20. The van der Waals surface area contributed by atoms with Crippen molar-refractivity contribution in [1.82, 2.24) is 14.1 Å². The van der Waals surface area contributed by atoms with Gasteiger partial charge in [0.15, 0.2) is 5.13 Å². The second kappa shape index (κ2) is 8.36. The van der Waals surface area contributed by atoms with Gasteiger partial charge in [-0.15, -0.1) is 24.0 Å². The number of rotatable bonds is 5. The number of carbonyl (C=O) groups is 1. The van der Waals surface area contributed by atoms with Crippen LogP contribution in [0.15, 0.2) is 38.2 Å². The summed E-state index contributed by atoms with van der Waals surface area (Å²) in [7, 11) is 2.71. The first kappa shape index (κ1) is 21.7. The maximum Gasteiger partial charge on any atom is 0.331 e. The van der Waals surface area contributed by atoms with Crippen molar-refractivity contribution in [3.05, 3.63) is 61.4 Å². The summed E-state index contributed by atoms with van der Waals surface area (Å²) >= 11 is 5.31. The Kier molecular flexibility index (Phi) is 6.04. The zero-order valence-corrected chi connectivity index (χ0v) is 18.0. The average molecular weight is 448 g/mol. The maximum absolute atomic E-state index is 13.8. The molecule has 0 aliphatic rings. The van der Waals surface area contributed by atoms with Gasteiger partial charge in [-0.05, 0) is 18.6 Å². The van der Waals surface area contributed by atoms with E-state index in [0.29, 0.717) is 16.8 Å². The first-order chi connectivity index (χ1) is 14.1. The van der Waals surface area contributed by atoms with Crippen LogP contribution in [0.2, 0.25) is 0 Å². The molecule has 2 aromatic heterocycles. The van der Waals surface area contributed by atoms with Gasteiger partial charge in [0, 0.05) is 25.0 Å². The second-order valence-corrected chi connectivity index (χ2v) is 7.89. The van der Waals surface area contributed by atoms with Crippen LogP contribution in [0.25, 0.3) is 11.3 Å². The Balaban J connectivity index is 1.76. The summed E-state index contributed by atoms with van der Waals surface area (Å²) in [5.41, 5.74) is -0.0502. The van der Waals surface area contributed by atoms with Crippen LogP contribution in [-0.2, 0) is 18.9 Å². The Morgan fingerprint density at radius 1 is 1.30 bits per heavy atom. The van der Waals surface area contributed by atoms with Gasteiger partial charge in [-0.1, -0.05) is 12.1 Å². The first-order valence-electron chi connectivity index (χ1n) is 8.68. The Morgan fingerprint density at radius 2 is 2.00 bits per heavy atom.